The maximum absolute atomic E-state index is 6.69. The van der Waals surface area contributed by atoms with Gasteiger partial charge in [-0.2, -0.15) is 0 Å². The minimum absolute atomic E-state index is 0.796. The molecule has 5 nitrogen and oxygen atoms in total. The van der Waals surface area contributed by atoms with Crippen molar-refractivity contribution in [3.63, 3.8) is 0 Å². The summed E-state index contributed by atoms with van der Waals surface area (Å²) < 4.78 is 7.60. The van der Waals surface area contributed by atoms with Gasteiger partial charge in [0.25, 0.3) is 0 Å². The van der Waals surface area contributed by atoms with Gasteiger partial charge in [0.2, 0.25) is 0 Å². The number of nitrogens with zero attached hydrogens (tertiary/aromatic N) is 2. The molecule has 0 unspecified atom stereocenters. The fourth-order valence-electron chi connectivity index (χ4n) is 5.58. The number of nitrogen functional groups attached to an aromatic ring is 1. The Kier molecular flexibility index (Phi) is 6.90. The molecule has 0 amide bonds. The first-order chi connectivity index (χ1) is 17.9. The quantitative estimate of drug-likeness (QED) is 0.247. The van der Waals surface area contributed by atoms with Crippen LogP contribution in [0.3, 0.4) is 0 Å². The standard InChI is InChI=1S/C32H36N4O/c1-20-18-21(2)31(22(3)19-20)36-28-9-7-6-8-26(28)29-27(30(33)23(4)35-32(29)36)15-17-34-16-14-24-10-12-25(37-5)13-11-24/h6-13,18-19,34H,14-17,33H2,1-5H3. The molecular formula is C32H36N4O. The van der Waals surface area contributed by atoms with E-state index < -0.39 is 0 Å². The van der Waals surface area contributed by atoms with E-state index in [1.807, 2.05) is 19.1 Å². The Morgan fingerprint density at radius 2 is 1.57 bits per heavy atom. The summed E-state index contributed by atoms with van der Waals surface area (Å²) in [6.07, 6.45) is 1.81. The largest absolute Gasteiger partial charge is 0.497 e. The number of aromatic nitrogens is 2. The van der Waals surface area contributed by atoms with Crippen molar-refractivity contribution in [2.24, 2.45) is 0 Å². The maximum atomic E-state index is 6.69. The Bertz CT molecular complexity index is 1560. The van der Waals surface area contributed by atoms with Crippen molar-refractivity contribution in [2.45, 2.75) is 40.5 Å². The normalized spacial score (nSPS) is 11.5. The van der Waals surface area contributed by atoms with Crippen LogP contribution >= 0.6 is 0 Å². The van der Waals surface area contributed by atoms with Crippen LogP contribution in [0.5, 0.6) is 5.75 Å². The Balaban J connectivity index is 1.50. The van der Waals surface area contributed by atoms with Crippen molar-refractivity contribution in [3.05, 3.63) is 94.2 Å². The van der Waals surface area contributed by atoms with E-state index in [0.717, 1.165) is 54.1 Å². The third-order valence-electron chi connectivity index (χ3n) is 7.30. The van der Waals surface area contributed by atoms with Crippen LogP contribution in [0, 0.1) is 27.7 Å². The molecule has 5 rings (SSSR count). The Morgan fingerprint density at radius 1 is 0.892 bits per heavy atom. The number of fused-ring (bicyclic) bond motifs is 3. The number of nitrogens with two attached hydrogens (primary N) is 1. The molecular weight excluding hydrogens is 456 g/mol. The van der Waals surface area contributed by atoms with Gasteiger partial charge in [-0.15, -0.1) is 0 Å². The Morgan fingerprint density at radius 3 is 2.27 bits per heavy atom. The number of aryl methyl sites for hydroxylation is 4. The number of hydrogen-bond acceptors (Lipinski definition) is 4. The molecule has 0 aliphatic heterocycles. The average molecular weight is 493 g/mol. The minimum Gasteiger partial charge on any atom is -0.497 e. The lowest BCUT2D eigenvalue weighted by molar-refractivity contribution is 0.414. The van der Waals surface area contributed by atoms with E-state index in [2.05, 4.69) is 79.2 Å². The van der Waals surface area contributed by atoms with Crippen LogP contribution in [-0.2, 0) is 12.8 Å². The highest BCUT2D eigenvalue weighted by atomic mass is 16.5. The van der Waals surface area contributed by atoms with Crippen LogP contribution in [0.25, 0.3) is 27.6 Å². The molecule has 190 valence electrons. The monoisotopic (exact) mass is 492 g/mol. The summed E-state index contributed by atoms with van der Waals surface area (Å²) in [4.78, 5) is 5.06. The molecule has 0 saturated carbocycles. The average Bonchev–Trinajstić information content (AvgIpc) is 3.19. The lowest BCUT2D eigenvalue weighted by atomic mass is 10.0. The van der Waals surface area contributed by atoms with E-state index in [1.54, 1.807) is 7.11 Å². The zero-order valence-corrected chi connectivity index (χ0v) is 22.5. The van der Waals surface area contributed by atoms with Gasteiger partial charge in [0.05, 0.1) is 29.7 Å². The number of pyridine rings is 1. The summed E-state index contributed by atoms with van der Waals surface area (Å²) in [5.41, 5.74) is 18.0. The first kappa shape index (κ1) is 24.8. The molecule has 0 fully saturated rings. The molecule has 2 heterocycles. The molecule has 0 saturated heterocycles. The van der Waals surface area contributed by atoms with E-state index in [0.29, 0.717) is 0 Å². The number of para-hydroxylation sites is 1. The molecule has 2 aromatic heterocycles. The molecule has 3 aromatic carbocycles. The molecule has 5 aromatic rings. The van der Waals surface area contributed by atoms with Crippen molar-refractivity contribution in [1.29, 1.82) is 0 Å². The SMILES string of the molecule is COc1ccc(CCNCCc2c(N)c(C)nc3c2c2ccccc2n3-c2c(C)cc(C)cc2C)cc1. The van der Waals surface area contributed by atoms with E-state index in [9.17, 15) is 0 Å². The fraction of sp³-hybridized carbons (Fsp3) is 0.281. The van der Waals surface area contributed by atoms with Gasteiger partial charge < -0.3 is 15.8 Å². The van der Waals surface area contributed by atoms with Gasteiger partial charge >= 0.3 is 0 Å². The zero-order chi connectivity index (χ0) is 26.1. The predicted octanol–water partition coefficient (Wildman–Crippen LogP) is 6.38. The summed E-state index contributed by atoms with van der Waals surface area (Å²) in [6.45, 7) is 10.3. The number of hydrogen-bond donors (Lipinski definition) is 2. The molecule has 0 aliphatic rings. The molecule has 0 aliphatic carbocycles. The topological polar surface area (TPSA) is 65.1 Å². The predicted molar refractivity (Wildman–Crippen MR) is 155 cm³/mol. The molecule has 0 spiro atoms. The fourth-order valence-corrected chi connectivity index (χ4v) is 5.58. The second kappa shape index (κ2) is 10.3. The summed E-state index contributed by atoms with van der Waals surface area (Å²) in [5, 5.41) is 5.98. The molecule has 0 bridgehead atoms. The van der Waals surface area contributed by atoms with Gasteiger partial charge in [0.1, 0.15) is 11.4 Å². The smallest absolute Gasteiger partial charge is 0.146 e. The first-order valence-corrected chi connectivity index (χ1v) is 13.0. The lowest BCUT2D eigenvalue weighted by Gasteiger charge is -2.16. The highest BCUT2D eigenvalue weighted by Crippen LogP contribution is 2.38. The number of anilines is 1. The Hall–Kier alpha value is -3.83. The van der Waals surface area contributed by atoms with Crippen molar-refractivity contribution in [2.75, 3.05) is 25.9 Å². The van der Waals surface area contributed by atoms with Crippen molar-refractivity contribution >= 4 is 27.6 Å². The molecule has 0 atom stereocenters. The third kappa shape index (κ3) is 4.67. The zero-order valence-electron chi connectivity index (χ0n) is 22.5. The van der Waals surface area contributed by atoms with Crippen LogP contribution in [0.15, 0.2) is 60.7 Å². The molecule has 0 radical (unpaired) electrons. The van der Waals surface area contributed by atoms with E-state index >= 15 is 0 Å². The van der Waals surface area contributed by atoms with Crippen LogP contribution in [-0.4, -0.2) is 29.8 Å². The number of methoxy groups -OCH3 is 1. The highest BCUT2D eigenvalue weighted by molar-refractivity contribution is 6.11. The number of nitrogens with one attached hydrogen (secondary N) is 1. The minimum atomic E-state index is 0.796. The molecule has 3 N–H and O–H groups in total. The van der Waals surface area contributed by atoms with Crippen LogP contribution in [0.4, 0.5) is 5.69 Å². The summed E-state index contributed by atoms with van der Waals surface area (Å²) in [5.74, 6) is 0.888. The van der Waals surface area contributed by atoms with Gasteiger partial charge in [-0.25, -0.2) is 4.98 Å². The first-order valence-electron chi connectivity index (χ1n) is 13.0. The maximum Gasteiger partial charge on any atom is 0.146 e. The molecule has 37 heavy (non-hydrogen) atoms. The van der Waals surface area contributed by atoms with E-state index in [1.165, 1.54) is 44.4 Å². The van der Waals surface area contributed by atoms with Crippen molar-refractivity contribution in [3.8, 4) is 11.4 Å². The van der Waals surface area contributed by atoms with E-state index in [4.69, 9.17) is 15.5 Å². The van der Waals surface area contributed by atoms with Crippen LogP contribution < -0.4 is 15.8 Å². The number of rotatable bonds is 8. The number of benzene rings is 3. The lowest BCUT2D eigenvalue weighted by Crippen LogP contribution is -2.21. The van der Waals surface area contributed by atoms with Crippen molar-refractivity contribution in [1.82, 2.24) is 14.9 Å². The van der Waals surface area contributed by atoms with E-state index in [-0.39, 0.29) is 0 Å². The second-order valence-corrected chi connectivity index (χ2v) is 9.99. The number of ether oxygens (including phenoxy) is 1. The molecule has 5 heteroatoms. The van der Waals surface area contributed by atoms with Gasteiger partial charge in [-0.1, -0.05) is 48.0 Å². The van der Waals surface area contributed by atoms with Gasteiger partial charge in [0, 0.05) is 10.8 Å². The Labute approximate surface area is 219 Å². The van der Waals surface area contributed by atoms with Gasteiger partial charge in [-0.05, 0) is 94.1 Å². The highest BCUT2D eigenvalue weighted by Gasteiger charge is 2.21. The second-order valence-electron chi connectivity index (χ2n) is 9.99. The summed E-state index contributed by atoms with van der Waals surface area (Å²) in [6, 6.07) is 21.4. The van der Waals surface area contributed by atoms with Gasteiger partial charge in [0.15, 0.2) is 0 Å². The van der Waals surface area contributed by atoms with Crippen molar-refractivity contribution < 1.29 is 4.74 Å². The third-order valence-corrected chi connectivity index (χ3v) is 7.30. The van der Waals surface area contributed by atoms with Gasteiger partial charge in [-0.3, -0.25) is 4.57 Å². The van der Waals surface area contributed by atoms with Crippen LogP contribution in [0.1, 0.15) is 33.5 Å². The van der Waals surface area contributed by atoms with Crippen LogP contribution in [0.2, 0.25) is 0 Å². The summed E-state index contributed by atoms with van der Waals surface area (Å²) in [7, 11) is 1.69. The summed E-state index contributed by atoms with van der Waals surface area (Å²) >= 11 is 0.